The third-order valence-electron chi connectivity index (χ3n) is 4.13. The number of allylic oxidation sites excluding steroid dienone is 1. The first-order chi connectivity index (χ1) is 11.7. The van der Waals surface area contributed by atoms with Crippen LogP contribution in [0.25, 0.3) is 0 Å². The Labute approximate surface area is 143 Å². The standard InChI is InChI=1S/C19H25NO4/c1-3-4-10-16(12-11-15-8-6-5-7-9-15)17(18(21)23-2)20-13-14-24-19(20)22/h5-9H,3-4,10-14H2,1-2H3/b17-16-. The van der Waals surface area contributed by atoms with Gasteiger partial charge in [-0.05, 0) is 36.8 Å². The minimum absolute atomic E-state index is 0.305. The molecule has 5 nitrogen and oxygen atoms in total. The number of ether oxygens (including phenoxy) is 2. The summed E-state index contributed by atoms with van der Waals surface area (Å²) in [6.45, 7) is 2.81. The van der Waals surface area contributed by atoms with E-state index in [1.165, 1.54) is 17.6 Å². The molecule has 0 radical (unpaired) electrons. The van der Waals surface area contributed by atoms with Crippen LogP contribution in [-0.2, 0) is 20.7 Å². The molecule has 5 heteroatoms. The monoisotopic (exact) mass is 331 g/mol. The number of unbranched alkanes of at least 4 members (excludes halogenated alkanes) is 1. The van der Waals surface area contributed by atoms with Gasteiger partial charge in [0.1, 0.15) is 12.3 Å². The molecule has 1 amide bonds. The SMILES string of the molecule is CCCC/C(CCc1ccccc1)=C(\C(=O)OC)N1CCOC1=O. The molecule has 0 atom stereocenters. The summed E-state index contributed by atoms with van der Waals surface area (Å²) < 4.78 is 9.94. The summed E-state index contributed by atoms with van der Waals surface area (Å²) in [5.41, 5.74) is 2.54. The lowest BCUT2D eigenvalue weighted by molar-refractivity contribution is -0.137. The summed E-state index contributed by atoms with van der Waals surface area (Å²) in [5, 5.41) is 0. The van der Waals surface area contributed by atoms with Crippen LogP contribution in [0.15, 0.2) is 41.6 Å². The maximum atomic E-state index is 12.3. The Balaban J connectivity index is 2.28. The van der Waals surface area contributed by atoms with Gasteiger partial charge in [-0.15, -0.1) is 0 Å². The molecule has 130 valence electrons. The van der Waals surface area contributed by atoms with Crippen molar-refractivity contribution in [1.82, 2.24) is 4.90 Å². The maximum absolute atomic E-state index is 12.3. The summed E-state index contributed by atoms with van der Waals surface area (Å²) in [6, 6.07) is 10.1. The van der Waals surface area contributed by atoms with Gasteiger partial charge in [-0.3, -0.25) is 4.90 Å². The number of rotatable bonds is 8. The summed E-state index contributed by atoms with van der Waals surface area (Å²) >= 11 is 0. The van der Waals surface area contributed by atoms with E-state index < -0.39 is 12.1 Å². The third-order valence-corrected chi connectivity index (χ3v) is 4.13. The van der Waals surface area contributed by atoms with E-state index in [4.69, 9.17) is 9.47 Å². The van der Waals surface area contributed by atoms with Crippen molar-refractivity contribution >= 4 is 12.1 Å². The first-order valence-corrected chi connectivity index (χ1v) is 8.46. The molecule has 1 fully saturated rings. The van der Waals surface area contributed by atoms with Crippen LogP contribution in [0.5, 0.6) is 0 Å². The molecule has 0 N–H and O–H groups in total. The average Bonchev–Trinajstić information content (AvgIpc) is 3.03. The molecule has 0 saturated carbocycles. The molecule has 0 aliphatic carbocycles. The lowest BCUT2D eigenvalue weighted by Gasteiger charge is -2.20. The molecule has 1 aliphatic heterocycles. The smallest absolute Gasteiger partial charge is 0.414 e. The lowest BCUT2D eigenvalue weighted by atomic mass is 9.97. The molecule has 2 rings (SSSR count). The molecular formula is C19H25NO4. The van der Waals surface area contributed by atoms with Crippen molar-refractivity contribution in [1.29, 1.82) is 0 Å². The zero-order valence-corrected chi connectivity index (χ0v) is 14.4. The Morgan fingerprint density at radius 1 is 1.25 bits per heavy atom. The summed E-state index contributed by atoms with van der Waals surface area (Å²) in [6.07, 6.45) is 3.84. The number of esters is 1. The second-order valence-corrected chi connectivity index (χ2v) is 5.80. The molecule has 0 aromatic heterocycles. The molecule has 0 spiro atoms. The van der Waals surface area contributed by atoms with E-state index in [1.807, 2.05) is 18.2 Å². The number of amides is 1. The van der Waals surface area contributed by atoms with Crippen LogP contribution in [-0.4, -0.2) is 37.2 Å². The maximum Gasteiger partial charge on any atom is 0.414 e. The highest BCUT2D eigenvalue weighted by atomic mass is 16.6. The number of benzene rings is 1. The number of hydrogen-bond acceptors (Lipinski definition) is 4. The second kappa shape index (κ2) is 9.11. The first-order valence-electron chi connectivity index (χ1n) is 8.46. The molecule has 24 heavy (non-hydrogen) atoms. The zero-order chi connectivity index (χ0) is 17.4. The number of aryl methyl sites for hydroxylation is 1. The van der Waals surface area contributed by atoms with Crippen LogP contribution in [0.4, 0.5) is 4.79 Å². The number of nitrogens with zero attached hydrogens (tertiary/aromatic N) is 1. The van der Waals surface area contributed by atoms with Gasteiger partial charge in [0, 0.05) is 0 Å². The molecule has 1 aliphatic rings. The Bertz CT molecular complexity index is 595. The van der Waals surface area contributed by atoms with Crippen molar-refractivity contribution in [3.63, 3.8) is 0 Å². The highest BCUT2D eigenvalue weighted by Crippen LogP contribution is 2.25. The van der Waals surface area contributed by atoms with Crippen molar-refractivity contribution < 1.29 is 19.1 Å². The van der Waals surface area contributed by atoms with Gasteiger partial charge in [-0.2, -0.15) is 0 Å². The zero-order valence-electron chi connectivity index (χ0n) is 14.4. The third kappa shape index (κ3) is 4.60. The second-order valence-electron chi connectivity index (χ2n) is 5.80. The van der Waals surface area contributed by atoms with Crippen molar-refractivity contribution in [3.05, 3.63) is 47.2 Å². The number of cyclic esters (lactones) is 1. The van der Waals surface area contributed by atoms with Gasteiger partial charge in [0.2, 0.25) is 0 Å². The average molecular weight is 331 g/mol. The van der Waals surface area contributed by atoms with Crippen LogP contribution in [0.1, 0.15) is 38.2 Å². The van der Waals surface area contributed by atoms with E-state index in [-0.39, 0.29) is 0 Å². The van der Waals surface area contributed by atoms with Gasteiger partial charge < -0.3 is 9.47 Å². The van der Waals surface area contributed by atoms with Crippen molar-refractivity contribution in [2.45, 2.75) is 39.0 Å². The van der Waals surface area contributed by atoms with E-state index in [0.717, 1.165) is 37.7 Å². The van der Waals surface area contributed by atoms with E-state index in [1.54, 1.807) is 0 Å². The topological polar surface area (TPSA) is 55.8 Å². The summed E-state index contributed by atoms with van der Waals surface area (Å²) in [5.74, 6) is -0.465. The lowest BCUT2D eigenvalue weighted by Crippen LogP contribution is -2.30. The van der Waals surface area contributed by atoms with Crippen LogP contribution in [0, 0.1) is 0 Å². The number of carbonyl (C=O) groups is 2. The quantitative estimate of drug-likeness (QED) is 0.538. The molecule has 1 aromatic rings. The fourth-order valence-electron chi connectivity index (χ4n) is 2.83. The van der Waals surface area contributed by atoms with Gasteiger partial charge in [0.15, 0.2) is 0 Å². The molecule has 1 aromatic carbocycles. The molecule has 1 heterocycles. The fourth-order valence-corrected chi connectivity index (χ4v) is 2.83. The van der Waals surface area contributed by atoms with Gasteiger partial charge in [-0.25, -0.2) is 9.59 Å². The molecule has 1 saturated heterocycles. The number of hydrogen-bond donors (Lipinski definition) is 0. The van der Waals surface area contributed by atoms with E-state index in [2.05, 4.69) is 19.1 Å². The van der Waals surface area contributed by atoms with Crippen molar-refractivity contribution in [2.75, 3.05) is 20.3 Å². The van der Waals surface area contributed by atoms with Crippen LogP contribution in [0.3, 0.4) is 0 Å². The number of methoxy groups -OCH3 is 1. The predicted octanol–water partition coefficient (Wildman–Crippen LogP) is 3.69. The van der Waals surface area contributed by atoms with Crippen molar-refractivity contribution in [2.24, 2.45) is 0 Å². The van der Waals surface area contributed by atoms with Crippen LogP contribution in [0.2, 0.25) is 0 Å². The highest BCUT2D eigenvalue weighted by Gasteiger charge is 2.32. The van der Waals surface area contributed by atoms with Gasteiger partial charge in [0.25, 0.3) is 0 Å². The van der Waals surface area contributed by atoms with E-state index >= 15 is 0 Å². The van der Waals surface area contributed by atoms with E-state index in [9.17, 15) is 9.59 Å². The van der Waals surface area contributed by atoms with Crippen LogP contribution >= 0.6 is 0 Å². The largest absolute Gasteiger partial charge is 0.464 e. The van der Waals surface area contributed by atoms with E-state index in [0.29, 0.717) is 18.8 Å². The fraction of sp³-hybridized carbons (Fsp3) is 0.474. The number of carbonyl (C=O) groups excluding carboxylic acids is 2. The summed E-state index contributed by atoms with van der Waals surface area (Å²) in [7, 11) is 1.35. The molecule has 0 bridgehead atoms. The normalized spacial score (nSPS) is 15.1. The molecular weight excluding hydrogens is 306 g/mol. The predicted molar refractivity (Wildman–Crippen MR) is 91.4 cm³/mol. The summed E-state index contributed by atoms with van der Waals surface area (Å²) in [4.78, 5) is 25.7. The van der Waals surface area contributed by atoms with Gasteiger partial charge >= 0.3 is 12.1 Å². The Kier molecular flexibility index (Phi) is 6.85. The van der Waals surface area contributed by atoms with Crippen molar-refractivity contribution in [3.8, 4) is 0 Å². The Hall–Kier alpha value is -2.30. The van der Waals surface area contributed by atoms with Gasteiger partial charge in [-0.1, -0.05) is 43.7 Å². The minimum atomic E-state index is -0.468. The Morgan fingerprint density at radius 2 is 2.00 bits per heavy atom. The van der Waals surface area contributed by atoms with Gasteiger partial charge in [0.05, 0.1) is 13.7 Å². The van der Waals surface area contributed by atoms with Crippen LogP contribution < -0.4 is 0 Å². The molecule has 0 unspecified atom stereocenters. The highest BCUT2D eigenvalue weighted by molar-refractivity contribution is 5.93. The Morgan fingerprint density at radius 3 is 2.58 bits per heavy atom. The first kappa shape index (κ1) is 18.0. The minimum Gasteiger partial charge on any atom is -0.464 e.